The number of aromatic nitrogens is 1. The fourth-order valence-corrected chi connectivity index (χ4v) is 4.05. The van der Waals surface area contributed by atoms with E-state index in [0.29, 0.717) is 38.3 Å². The van der Waals surface area contributed by atoms with Crippen LogP contribution >= 0.6 is 0 Å². The largest absolute Gasteiger partial charge is 0.392 e. The van der Waals surface area contributed by atoms with Crippen molar-refractivity contribution >= 4 is 11.7 Å². The summed E-state index contributed by atoms with van der Waals surface area (Å²) in [5, 5.41) is 13.3. The van der Waals surface area contributed by atoms with Crippen LogP contribution in [0.3, 0.4) is 0 Å². The predicted octanol–water partition coefficient (Wildman–Crippen LogP) is 1.46. The Morgan fingerprint density at radius 3 is 2.70 bits per heavy atom. The summed E-state index contributed by atoms with van der Waals surface area (Å²) in [6.07, 6.45) is 2.70. The van der Waals surface area contributed by atoms with Gasteiger partial charge in [-0.1, -0.05) is 24.3 Å². The second kappa shape index (κ2) is 10.0. The monoisotopic (exact) mass is 410 g/mol. The summed E-state index contributed by atoms with van der Waals surface area (Å²) >= 11 is 0. The van der Waals surface area contributed by atoms with Gasteiger partial charge in [-0.3, -0.25) is 9.69 Å². The topological polar surface area (TPSA) is 77.9 Å². The third kappa shape index (κ3) is 5.36. The minimum absolute atomic E-state index is 0.157. The quantitative estimate of drug-likeness (QED) is 0.720. The van der Waals surface area contributed by atoms with Crippen molar-refractivity contribution < 1.29 is 14.6 Å². The molecular weight excluding hydrogens is 380 g/mol. The lowest BCUT2D eigenvalue weighted by Gasteiger charge is -2.30. The number of aliphatic hydroxyl groups is 1. The molecule has 7 nitrogen and oxygen atoms in total. The Morgan fingerprint density at radius 1 is 1.13 bits per heavy atom. The number of morpholine rings is 1. The first kappa shape index (κ1) is 20.8. The number of aliphatic hydroxyl groups excluding tert-OH is 1. The van der Waals surface area contributed by atoms with E-state index in [1.54, 1.807) is 12.3 Å². The molecule has 30 heavy (non-hydrogen) atoms. The van der Waals surface area contributed by atoms with Crippen LogP contribution in [-0.2, 0) is 17.7 Å². The van der Waals surface area contributed by atoms with Crippen molar-refractivity contribution in [3.63, 3.8) is 0 Å². The van der Waals surface area contributed by atoms with Crippen molar-refractivity contribution in [1.29, 1.82) is 0 Å². The molecule has 160 valence electrons. The maximum Gasteiger partial charge on any atom is 0.252 e. The highest BCUT2D eigenvalue weighted by Crippen LogP contribution is 2.18. The Morgan fingerprint density at radius 2 is 1.93 bits per heavy atom. The smallest absolute Gasteiger partial charge is 0.252 e. The summed E-state index contributed by atoms with van der Waals surface area (Å²) in [6.45, 7) is 5.95. The van der Waals surface area contributed by atoms with Crippen molar-refractivity contribution in [3.8, 4) is 0 Å². The molecule has 1 saturated heterocycles. The molecule has 3 heterocycles. The minimum atomic E-state index is -0.461. The van der Waals surface area contributed by atoms with E-state index in [2.05, 4.69) is 44.4 Å². The Hall–Kier alpha value is -2.48. The van der Waals surface area contributed by atoms with Crippen molar-refractivity contribution in [3.05, 3.63) is 59.3 Å². The molecule has 7 heteroatoms. The zero-order chi connectivity index (χ0) is 20.8. The first-order chi connectivity index (χ1) is 14.7. The van der Waals surface area contributed by atoms with Gasteiger partial charge in [-0.2, -0.15) is 0 Å². The summed E-state index contributed by atoms with van der Waals surface area (Å²) in [5.74, 6) is 0.712. The number of rotatable bonds is 7. The molecule has 2 aliphatic rings. The number of carbonyl (C=O) groups excluding carboxylic acids is 1. The van der Waals surface area contributed by atoms with Crippen LogP contribution in [-0.4, -0.2) is 72.9 Å². The standard InChI is InChI=1S/C23H30N4O3/c28-21(17-26-10-8-18-3-1-2-4-20(18)16-26)7-9-24-23(29)19-5-6-22(25-15-19)27-11-13-30-14-12-27/h1-6,15,21,28H,7-14,16-17H2,(H,24,29). The van der Waals surface area contributed by atoms with Gasteiger partial charge in [0.05, 0.1) is 24.9 Å². The van der Waals surface area contributed by atoms with Crippen LogP contribution in [0, 0.1) is 0 Å². The molecule has 1 aromatic heterocycles. The van der Waals surface area contributed by atoms with E-state index in [4.69, 9.17) is 4.74 Å². The summed E-state index contributed by atoms with van der Waals surface area (Å²) in [4.78, 5) is 21.2. The van der Waals surface area contributed by atoms with E-state index in [9.17, 15) is 9.90 Å². The van der Waals surface area contributed by atoms with E-state index in [0.717, 1.165) is 38.4 Å². The summed E-state index contributed by atoms with van der Waals surface area (Å²) in [7, 11) is 0. The summed E-state index contributed by atoms with van der Waals surface area (Å²) in [6, 6.07) is 12.2. The number of carbonyl (C=O) groups is 1. The molecule has 0 bridgehead atoms. The third-order valence-electron chi connectivity index (χ3n) is 5.79. The maximum absolute atomic E-state index is 12.4. The van der Waals surface area contributed by atoms with Crippen LogP contribution in [0.25, 0.3) is 0 Å². The van der Waals surface area contributed by atoms with E-state index >= 15 is 0 Å². The van der Waals surface area contributed by atoms with Crippen molar-refractivity contribution in [2.45, 2.75) is 25.5 Å². The molecule has 2 aromatic rings. The van der Waals surface area contributed by atoms with Gasteiger partial charge in [-0.05, 0) is 36.1 Å². The van der Waals surface area contributed by atoms with Crippen LogP contribution in [0.5, 0.6) is 0 Å². The van der Waals surface area contributed by atoms with E-state index in [1.807, 2.05) is 6.07 Å². The number of hydrogen-bond acceptors (Lipinski definition) is 6. The number of pyridine rings is 1. The lowest BCUT2D eigenvalue weighted by molar-refractivity contribution is 0.0892. The highest BCUT2D eigenvalue weighted by molar-refractivity contribution is 5.94. The molecule has 2 N–H and O–H groups in total. The number of β-amino-alcohol motifs (C(OH)–C–C–N with tert-alkyl or cyclic N) is 1. The third-order valence-corrected chi connectivity index (χ3v) is 5.79. The Kier molecular flexibility index (Phi) is 6.94. The first-order valence-corrected chi connectivity index (χ1v) is 10.7. The first-order valence-electron chi connectivity index (χ1n) is 10.7. The normalized spacial score (nSPS) is 18.0. The lowest BCUT2D eigenvalue weighted by Crippen LogP contribution is -2.38. The maximum atomic E-state index is 12.4. The van der Waals surface area contributed by atoms with Crippen LogP contribution in [0.15, 0.2) is 42.6 Å². The van der Waals surface area contributed by atoms with Crippen LogP contribution < -0.4 is 10.2 Å². The predicted molar refractivity (Wildman–Crippen MR) is 116 cm³/mol. The van der Waals surface area contributed by atoms with Gasteiger partial charge in [0.15, 0.2) is 0 Å². The molecule has 4 rings (SSSR count). The number of anilines is 1. The van der Waals surface area contributed by atoms with Gasteiger partial charge in [-0.15, -0.1) is 0 Å². The zero-order valence-corrected chi connectivity index (χ0v) is 17.3. The molecule has 1 fully saturated rings. The fourth-order valence-electron chi connectivity index (χ4n) is 4.05. The molecule has 0 spiro atoms. The van der Waals surface area contributed by atoms with Crippen molar-refractivity contribution in [1.82, 2.24) is 15.2 Å². The average Bonchev–Trinajstić information content (AvgIpc) is 2.79. The number of benzene rings is 1. The van der Waals surface area contributed by atoms with Gasteiger partial charge in [0.25, 0.3) is 5.91 Å². The summed E-state index contributed by atoms with van der Waals surface area (Å²) in [5.41, 5.74) is 3.29. The minimum Gasteiger partial charge on any atom is -0.392 e. The van der Waals surface area contributed by atoms with Gasteiger partial charge in [-0.25, -0.2) is 4.98 Å². The Balaban J connectivity index is 1.19. The number of nitrogens with one attached hydrogen (secondary N) is 1. The summed E-state index contributed by atoms with van der Waals surface area (Å²) < 4.78 is 5.35. The van der Waals surface area contributed by atoms with Gasteiger partial charge in [0, 0.05) is 45.5 Å². The fraction of sp³-hybridized carbons (Fsp3) is 0.478. The molecule has 2 aliphatic heterocycles. The average molecular weight is 411 g/mol. The molecule has 0 saturated carbocycles. The van der Waals surface area contributed by atoms with Crippen LogP contribution in [0.1, 0.15) is 27.9 Å². The van der Waals surface area contributed by atoms with Crippen molar-refractivity contribution in [2.24, 2.45) is 0 Å². The molecule has 0 aliphatic carbocycles. The van der Waals surface area contributed by atoms with Gasteiger partial charge >= 0.3 is 0 Å². The number of amides is 1. The number of hydrogen-bond donors (Lipinski definition) is 2. The number of nitrogens with zero attached hydrogens (tertiary/aromatic N) is 3. The van der Waals surface area contributed by atoms with E-state index in [1.165, 1.54) is 11.1 Å². The van der Waals surface area contributed by atoms with Crippen molar-refractivity contribution in [2.75, 3.05) is 50.8 Å². The molecule has 0 radical (unpaired) electrons. The highest BCUT2D eigenvalue weighted by atomic mass is 16.5. The van der Waals surface area contributed by atoms with Crippen LogP contribution in [0.4, 0.5) is 5.82 Å². The zero-order valence-electron chi connectivity index (χ0n) is 17.3. The molecule has 1 aromatic carbocycles. The van der Waals surface area contributed by atoms with Gasteiger partial charge in [0.1, 0.15) is 5.82 Å². The number of ether oxygens (including phenoxy) is 1. The van der Waals surface area contributed by atoms with Crippen LogP contribution in [0.2, 0.25) is 0 Å². The number of fused-ring (bicyclic) bond motifs is 1. The Bertz CT molecular complexity index is 837. The molecular formula is C23H30N4O3. The second-order valence-corrected chi connectivity index (χ2v) is 7.96. The SMILES string of the molecule is O=C(NCCC(O)CN1CCc2ccccc2C1)c1ccc(N2CCOCC2)nc1. The molecule has 1 unspecified atom stereocenters. The van der Waals surface area contributed by atoms with E-state index in [-0.39, 0.29) is 5.91 Å². The van der Waals surface area contributed by atoms with E-state index < -0.39 is 6.10 Å². The van der Waals surface area contributed by atoms with Gasteiger partial charge < -0.3 is 20.1 Å². The highest BCUT2D eigenvalue weighted by Gasteiger charge is 2.18. The Labute approximate surface area is 177 Å². The molecule has 1 atom stereocenters. The van der Waals surface area contributed by atoms with Gasteiger partial charge in [0.2, 0.25) is 0 Å². The lowest BCUT2D eigenvalue weighted by atomic mass is 9.99. The second-order valence-electron chi connectivity index (χ2n) is 7.96. The molecule has 1 amide bonds.